The first-order valence-electron chi connectivity index (χ1n) is 12.7. The average molecular weight is 529 g/mol. The van der Waals surface area contributed by atoms with Crippen LogP contribution in [-0.2, 0) is 9.53 Å². The van der Waals surface area contributed by atoms with Crippen LogP contribution in [0.5, 0.6) is 0 Å². The van der Waals surface area contributed by atoms with Gasteiger partial charge in [0.1, 0.15) is 5.92 Å². The van der Waals surface area contributed by atoms with Gasteiger partial charge in [0, 0.05) is 5.56 Å². The fourth-order valence-electron chi connectivity index (χ4n) is 5.79. The molecule has 3 aliphatic rings. The Kier molecular flexibility index (Phi) is 6.67. The molecule has 2 aliphatic heterocycles. The summed E-state index contributed by atoms with van der Waals surface area (Å²) in [6, 6.07) is 0. The van der Waals surface area contributed by atoms with Crippen molar-refractivity contribution < 1.29 is 14.3 Å². The van der Waals surface area contributed by atoms with Crippen molar-refractivity contribution in [3.05, 3.63) is 90.1 Å². The van der Waals surface area contributed by atoms with Crippen molar-refractivity contribution in [3.63, 3.8) is 0 Å². The van der Waals surface area contributed by atoms with Gasteiger partial charge in [-0.1, -0.05) is 65.6 Å². The zero-order valence-electron chi connectivity index (χ0n) is 23.1. The number of hydrogen-bond acceptors (Lipinski definition) is 3. The number of esters is 1. The molecule has 0 aromatic carbocycles. The van der Waals surface area contributed by atoms with Crippen LogP contribution >= 0.6 is 0 Å². The third-order valence-electron chi connectivity index (χ3n) is 8.21. The Labute approximate surface area is 243 Å². The smallest absolute Gasteiger partial charge is 0.664 e. The molecule has 6 rings (SSSR count). The van der Waals surface area contributed by atoms with Crippen LogP contribution < -0.4 is 25.7 Å². The Morgan fingerprint density at radius 3 is 2.23 bits per heavy atom. The number of ketones is 1. The van der Waals surface area contributed by atoms with E-state index < -0.39 is 11.9 Å². The van der Waals surface area contributed by atoms with Crippen LogP contribution in [0.4, 0.5) is 0 Å². The molecule has 0 amide bonds. The second-order valence-electron chi connectivity index (χ2n) is 10.4. The Morgan fingerprint density at radius 2 is 1.59 bits per heavy atom. The Morgan fingerprint density at radius 1 is 0.949 bits per heavy atom. The minimum absolute atomic E-state index is 0. The van der Waals surface area contributed by atoms with Gasteiger partial charge < -0.3 is 25.0 Å². The van der Waals surface area contributed by atoms with Crippen molar-refractivity contribution in [1.82, 2.24) is 15.0 Å². The van der Waals surface area contributed by atoms with E-state index in [1.54, 1.807) is 0 Å². The van der Waals surface area contributed by atoms with Gasteiger partial charge in [-0.25, -0.2) is 0 Å². The van der Waals surface area contributed by atoms with Crippen LogP contribution in [-0.4, -0.2) is 41.9 Å². The molecule has 1 fully saturated rings. The summed E-state index contributed by atoms with van der Waals surface area (Å²) >= 11 is 0. The molecule has 194 valence electrons. The maximum Gasteiger partial charge on any atom is 2.00 e. The fraction of sp³-hybridized carbons (Fsp3) is 0.290. The number of ether oxygens (including phenoxy) is 1. The van der Waals surface area contributed by atoms with Gasteiger partial charge in [-0.3, -0.25) is 9.59 Å². The largest absolute Gasteiger partial charge is 2.00 e. The van der Waals surface area contributed by atoms with Gasteiger partial charge >= 0.3 is 29.0 Å². The van der Waals surface area contributed by atoms with Crippen molar-refractivity contribution in [3.8, 4) is 0 Å². The quantitative estimate of drug-likeness (QED) is 0.288. The molecule has 1 saturated heterocycles. The molecule has 0 N–H and O–H groups in total. The maximum atomic E-state index is 13.6. The van der Waals surface area contributed by atoms with Gasteiger partial charge in [-0.2, -0.15) is 11.4 Å². The van der Waals surface area contributed by atoms with Gasteiger partial charge in [-0.15, -0.1) is 33.5 Å². The maximum absolute atomic E-state index is 13.6. The number of methoxy groups -OCH3 is 1. The summed E-state index contributed by atoms with van der Waals surface area (Å²) in [4.78, 5) is 41.3. The minimum Gasteiger partial charge on any atom is -0.664 e. The molecule has 0 unspecified atom stereocenters. The Bertz CT molecular complexity index is 1780. The first kappa shape index (κ1) is 27.1. The zero-order chi connectivity index (χ0) is 27.0. The van der Waals surface area contributed by atoms with E-state index in [2.05, 4.69) is 13.5 Å². The summed E-state index contributed by atoms with van der Waals surface area (Å²) in [5.41, 5.74) is 10.2. The molecule has 1 aliphatic carbocycles. The summed E-state index contributed by atoms with van der Waals surface area (Å²) in [6.07, 6.45) is 8.35. The van der Waals surface area contributed by atoms with Crippen LogP contribution in [0.25, 0.3) is 35.2 Å². The number of fused-ring (bicyclic) bond motifs is 7. The standard InChI is InChI=1S/C31H29N4O3.Mg/c1-8-18-16(5)22-10-19-13(2)9-25(32-19)27-28(31(37)38-7)30(36)26-17(6)23(35-29(26)27)11-20-14(3)15(4)21(33-20)12-24(18)34-22;/h8,10-13,28H,1,9H2,2-7H3,(H-,32,35,36);/q-3;+2/p-1/b19-10-,20-11-,21-12-;/t13-,28+;/m0./s1. The molecule has 0 radical (unpaired) electrons. The van der Waals surface area contributed by atoms with Crippen LogP contribution in [0.15, 0.2) is 18.0 Å². The number of carbonyl (C=O) groups excluding carboxylic acids is 2. The number of rotatable bonds is 2. The molecule has 8 heteroatoms. The third-order valence-corrected chi connectivity index (χ3v) is 8.21. The normalized spacial score (nSPS) is 24.1. The number of aromatic nitrogens is 3. The van der Waals surface area contributed by atoms with Crippen LogP contribution in [0.1, 0.15) is 74.3 Å². The van der Waals surface area contributed by atoms with Crippen molar-refractivity contribution in [2.24, 2.45) is 11.8 Å². The molecule has 5 heterocycles. The molecule has 0 saturated carbocycles. The second kappa shape index (κ2) is 9.61. The number of hydrogen-bond donors (Lipinski definition) is 0. The predicted octanol–water partition coefficient (Wildman–Crippen LogP) is 3.18. The van der Waals surface area contributed by atoms with E-state index in [1.165, 1.54) is 7.11 Å². The Hall–Kier alpha value is -3.49. The van der Waals surface area contributed by atoms with Crippen molar-refractivity contribution in [2.45, 2.75) is 41.0 Å². The minimum atomic E-state index is -1.06. The van der Waals surface area contributed by atoms with Crippen molar-refractivity contribution >= 4 is 64.7 Å². The van der Waals surface area contributed by atoms with E-state index in [0.29, 0.717) is 34.6 Å². The van der Waals surface area contributed by atoms with E-state index in [0.717, 1.165) is 55.6 Å². The summed E-state index contributed by atoms with van der Waals surface area (Å²) in [5.74, 6) is -1.86. The molecule has 7 nitrogen and oxygen atoms in total. The summed E-state index contributed by atoms with van der Waals surface area (Å²) in [7, 11) is 1.30. The van der Waals surface area contributed by atoms with Gasteiger partial charge in [0.15, 0.2) is 5.78 Å². The molecule has 3 aromatic heterocycles. The summed E-state index contributed by atoms with van der Waals surface area (Å²) < 4.78 is 5.06. The molecule has 2 atom stereocenters. The third kappa shape index (κ3) is 3.91. The topological polar surface area (TPSA) is 99.8 Å². The average Bonchev–Trinajstić information content (AvgIpc) is 3.63. The van der Waals surface area contributed by atoms with Gasteiger partial charge in [0.2, 0.25) is 0 Å². The monoisotopic (exact) mass is 528 g/mol. The summed E-state index contributed by atoms with van der Waals surface area (Å²) in [6.45, 7) is 14.1. The van der Waals surface area contributed by atoms with Crippen molar-refractivity contribution in [1.29, 1.82) is 0 Å². The SMILES string of the molecule is C=Cc1c2[n-]c(c1C)/C=C1\[N-]/C(=C3\c4[n-]c(c(C)c4C(=O)[C@@H]3C(=O)OC)/C=c3\[n-]/c(c(C)c3C)=C\2)C[C@@H]1C.[Mg+2]. The molecule has 3 aromatic rings. The van der Waals surface area contributed by atoms with Crippen molar-refractivity contribution in [2.75, 3.05) is 7.11 Å². The zero-order valence-corrected chi connectivity index (χ0v) is 24.5. The molecular formula is C31H28MgN4O3-2. The van der Waals surface area contributed by atoms with Gasteiger partial charge in [0.25, 0.3) is 0 Å². The first-order chi connectivity index (χ1) is 18.1. The van der Waals surface area contributed by atoms with E-state index >= 15 is 0 Å². The Balaban J connectivity index is 0.00000308. The van der Waals surface area contributed by atoms with E-state index in [-0.39, 0.29) is 34.8 Å². The predicted molar refractivity (Wildman–Crippen MR) is 152 cm³/mol. The number of allylic oxidation sites excluding steroid dienone is 2. The van der Waals surface area contributed by atoms with Gasteiger partial charge in [-0.05, 0) is 45.6 Å². The number of carbonyl (C=O) groups is 2. The molecule has 0 spiro atoms. The molecular weight excluding hydrogens is 501 g/mol. The molecule has 8 bridgehead atoms. The van der Waals surface area contributed by atoms with E-state index in [1.807, 2.05) is 52.0 Å². The number of nitrogens with zero attached hydrogens (tertiary/aromatic N) is 4. The summed E-state index contributed by atoms with van der Waals surface area (Å²) in [5, 5.41) is 6.58. The van der Waals surface area contributed by atoms with Gasteiger partial charge in [0.05, 0.1) is 7.11 Å². The fourth-order valence-corrected chi connectivity index (χ4v) is 5.79. The van der Waals surface area contributed by atoms with E-state index in [9.17, 15) is 9.59 Å². The van der Waals surface area contributed by atoms with E-state index in [4.69, 9.17) is 25.0 Å². The van der Waals surface area contributed by atoms with Crippen LogP contribution in [0, 0.1) is 39.5 Å². The molecule has 39 heavy (non-hydrogen) atoms. The van der Waals surface area contributed by atoms with Crippen LogP contribution in [0.3, 0.4) is 0 Å². The first-order valence-corrected chi connectivity index (χ1v) is 12.7. The second-order valence-corrected chi connectivity index (χ2v) is 10.4. The number of Topliss-reactive ketones (excluding diaryl/α,β-unsaturated/α-hetero) is 1. The van der Waals surface area contributed by atoms with Crippen LogP contribution in [0.2, 0.25) is 0 Å².